The van der Waals surface area contributed by atoms with Crippen molar-refractivity contribution in [1.29, 1.82) is 0 Å². The van der Waals surface area contributed by atoms with Crippen LogP contribution in [0.25, 0.3) is 10.2 Å². The highest BCUT2D eigenvalue weighted by atomic mass is 32.2. The van der Waals surface area contributed by atoms with E-state index in [9.17, 15) is 4.79 Å². The van der Waals surface area contributed by atoms with Crippen LogP contribution in [0.2, 0.25) is 0 Å². The van der Waals surface area contributed by atoms with Crippen molar-refractivity contribution >= 4 is 50.6 Å². The first-order valence-corrected chi connectivity index (χ1v) is 10.4. The van der Waals surface area contributed by atoms with Crippen molar-refractivity contribution < 1.29 is 4.79 Å². The first-order valence-electron chi connectivity index (χ1n) is 8.40. The van der Waals surface area contributed by atoms with Gasteiger partial charge >= 0.3 is 0 Å². The number of hydrogen-bond acceptors (Lipinski definition) is 6. The summed E-state index contributed by atoms with van der Waals surface area (Å²) in [5, 5.41) is 5.38. The van der Waals surface area contributed by atoms with E-state index in [1.165, 1.54) is 23.3 Å². The summed E-state index contributed by atoms with van der Waals surface area (Å²) < 4.78 is 0. The van der Waals surface area contributed by atoms with Crippen LogP contribution in [-0.2, 0) is 12.8 Å². The van der Waals surface area contributed by atoms with Gasteiger partial charge in [0.2, 0.25) is 0 Å². The number of aryl methyl sites for hydroxylation is 2. The third-order valence-electron chi connectivity index (χ3n) is 4.51. The Labute approximate surface area is 155 Å². The average Bonchev–Trinajstić information content (AvgIpc) is 3.00. The number of ketones is 1. The van der Waals surface area contributed by atoms with Crippen LogP contribution < -0.4 is 5.32 Å². The van der Waals surface area contributed by atoms with Crippen LogP contribution in [0.15, 0.2) is 29.4 Å². The maximum Gasteiger partial charge on any atom is 0.190 e. The van der Waals surface area contributed by atoms with E-state index in [1.54, 1.807) is 30.0 Å². The third-order valence-corrected chi connectivity index (χ3v) is 6.24. The molecule has 0 aliphatic heterocycles. The van der Waals surface area contributed by atoms with E-state index in [0.29, 0.717) is 5.56 Å². The van der Waals surface area contributed by atoms with E-state index >= 15 is 0 Å². The minimum absolute atomic E-state index is 0.0641. The summed E-state index contributed by atoms with van der Waals surface area (Å²) in [7, 11) is 0. The van der Waals surface area contributed by atoms with Crippen LogP contribution in [0.4, 0.5) is 11.5 Å². The van der Waals surface area contributed by atoms with E-state index in [0.717, 1.165) is 39.7 Å². The predicted molar refractivity (Wildman–Crippen MR) is 106 cm³/mol. The molecule has 0 unspecified atom stereocenters. The summed E-state index contributed by atoms with van der Waals surface area (Å²) in [5.41, 5.74) is 2.99. The minimum Gasteiger partial charge on any atom is -0.340 e. The molecule has 2 heterocycles. The second kappa shape index (κ2) is 6.77. The fourth-order valence-electron chi connectivity index (χ4n) is 3.27. The van der Waals surface area contributed by atoms with Gasteiger partial charge in [0.1, 0.15) is 10.6 Å². The highest BCUT2D eigenvalue weighted by Gasteiger charge is 2.21. The lowest BCUT2D eigenvalue weighted by Gasteiger charge is -2.13. The molecule has 1 aromatic carbocycles. The van der Waals surface area contributed by atoms with Gasteiger partial charge in [-0.1, -0.05) is 23.9 Å². The Hall–Kier alpha value is -1.92. The molecule has 128 valence electrons. The van der Waals surface area contributed by atoms with Crippen molar-refractivity contribution in [3.63, 3.8) is 0 Å². The fraction of sp³-hybridized carbons (Fsp3) is 0.316. The molecule has 0 amide bonds. The van der Waals surface area contributed by atoms with Gasteiger partial charge < -0.3 is 5.32 Å². The average molecular weight is 370 g/mol. The first-order chi connectivity index (χ1) is 12.2. The van der Waals surface area contributed by atoms with Gasteiger partial charge in [-0.15, -0.1) is 11.3 Å². The fourth-order valence-corrected chi connectivity index (χ4v) is 4.96. The first kappa shape index (κ1) is 16.5. The molecule has 1 aliphatic rings. The Morgan fingerprint density at radius 2 is 2.08 bits per heavy atom. The van der Waals surface area contributed by atoms with Gasteiger partial charge in [-0.2, -0.15) is 0 Å². The van der Waals surface area contributed by atoms with Crippen LogP contribution in [0, 0.1) is 0 Å². The monoisotopic (exact) mass is 369 g/mol. The molecule has 0 radical (unpaired) electrons. The zero-order valence-corrected chi connectivity index (χ0v) is 15.9. The summed E-state index contributed by atoms with van der Waals surface area (Å²) in [6.07, 6.45) is 6.72. The number of thioether (sulfide) groups is 1. The number of fused-ring (bicyclic) bond motifs is 3. The van der Waals surface area contributed by atoms with E-state index < -0.39 is 0 Å². The number of carbonyl (C=O) groups excluding carboxylic acids is 1. The molecule has 25 heavy (non-hydrogen) atoms. The maximum absolute atomic E-state index is 11.7. The molecule has 0 atom stereocenters. The summed E-state index contributed by atoms with van der Waals surface area (Å²) in [6, 6.07) is 7.59. The van der Waals surface area contributed by atoms with Gasteiger partial charge in [0, 0.05) is 16.1 Å². The van der Waals surface area contributed by atoms with Crippen molar-refractivity contribution in [2.75, 3.05) is 11.6 Å². The molecule has 1 N–H and O–H groups in total. The Morgan fingerprint density at radius 3 is 2.88 bits per heavy atom. The van der Waals surface area contributed by atoms with Crippen molar-refractivity contribution in [3.05, 3.63) is 40.3 Å². The lowest BCUT2D eigenvalue weighted by Crippen LogP contribution is -2.02. The second-order valence-corrected chi connectivity index (χ2v) is 8.07. The van der Waals surface area contributed by atoms with Gasteiger partial charge in [0.05, 0.1) is 5.39 Å². The number of nitrogens with one attached hydrogen (secondary N) is 1. The van der Waals surface area contributed by atoms with Crippen LogP contribution in [0.5, 0.6) is 0 Å². The Bertz CT molecular complexity index is 965. The number of thiophene rings is 1. The topological polar surface area (TPSA) is 54.9 Å². The minimum atomic E-state index is 0.0641. The number of hydrogen-bond donors (Lipinski definition) is 1. The zero-order chi connectivity index (χ0) is 17.4. The smallest absolute Gasteiger partial charge is 0.190 e. The van der Waals surface area contributed by atoms with E-state index in [-0.39, 0.29) is 5.78 Å². The second-order valence-electron chi connectivity index (χ2n) is 6.21. The zero-order valence-electron chi connectivity index (χ0n) is 14.3. The third kappa shape index (κ3) is 3.16. The van der Waals surface area contributed by atoms with E-state index in [4.69, 9.17) is 9.97 Å². The molecule has 0 spiro atoms. The maximum atomic E-state index is 11.7. The Morgan fingerprint density at radius 1 is 1.24 bits per heavy atom. The molecule has 0 bridgehead atoms. The van der Waals surface area contributed by atoms with Crippen molar-refractivity contribution in [2.24, 2.45) is 0 Å². The lowest BCUT2D eigenvalue weighted by atomic mass is 9.97. The standard InChI is InChI=1S/C19H19N3OS2/c1-11(23)12-6-5-7-13(10-12)20-17-16-14-8-3-4-9-15(14)25-18(16)22-19(21-17)24-2/h5-7,10H,3-4,8-9H2,1-2H3,(H,20,21,22). The molecule has 0 saturated heterocycles. The van der Waals surface area contributed by atoms with Crippen molar-refractivity contribution in [2.45, 2.75) is 37.8 Å². The normalized spacial score (nSPS) is 13.7. The van der Waals surface area contributed by atoms with Crippen LogP contribution in [-0.4, -0.2) is 22.0 Å². The quantitative estimate of drug-likeness (QED) is 0.387. The van der Waals surface area contributed by atoms with E-state index in [2.05, 4.69) is 5.32 Å². The number of rotatable bonds is 4. The van der Waals surface area contributed by atoms with Crippen molar-refractivity contribution in [3.8, 4) is 0 Å². The molecule has 0 saturated carbocycles. The summed E-state index contributed by atoms with van der Waals surface area (Å²) in [6.45, 7) is 1.59. The Kier molecular flexibility index (Phi) is 4.48. The number of benzene rings is 1. The van der Waals surface area contributed by atoms with Crippen LogP contribution >= 0.6 is 23.1 Å². The molecule has 4 rings (SSSR count). The highest BCUT2D eigenvalue weighted by molar-refractivity contribution is 7.98. The number of carbonyl (C=O) groups is 1. The molecule has 4 nitrogen and oxygen atoms in total. The predicted octanol–water partition coefficient (Wildman–Crippen LogP) is 5.24. The van der Waals surface area contributed by atoms with Gasteiger partial charge in [-0.3, -0.25) is 4.79 Å². The summed E-state index contributed by atoms with van der Waals surface area (Å²) in [4.78, 5) is 23.6. The number of anilines is 2. The molecule has 6 heteroatoms. The molecular weight excluding hydrogens is 350 g/mol. The largest absolute Gasteiger partial charge is 0.340 e. The number of aromatic nitrogens is 2. The SMILES string of the molecule is CSc1nc(Nc2cccc(C(C)=O)c2)c2c3c(sc2n1)CCCC3. The van der Waals surface area contributed by atoms with Gasteiger partial charge in [-0.25, -0.2) is 9.97 Å². The lowest BCUT2D eigenvalue weighted by molar-refractivity contribution is 0.101. The van der Waals surface area contributed by atoms with Gasteiger partial charge in [-0.05, 0) is 56.6 Å². The molecule has 1 aliphatic carbocycles. The van der Waals surface area contributed by atoms with Crippen molar-refractivity contribution in [1.82, 2.24) is 9.97 Å². The molecule has 2 aromatic heterocycles. The summed E-state index contributed by atoms with van der Waals surface area (Å²) >= 11 is 3.36. The Balaban J connectivity index is 1.84. The van der Waals surface area contributed by atoms with E-state index in [1.807, 2.05) is 30.5 Å². The molecule has 0 fully saturated rings. The summed E-state index contributed by atoms with van der Waals surface area (Å²) in [5.74, 6) is 0.920. The number of Topliss-reactive ketones (excluding diaryl/α,β-unsaturated/α-hetero) is 1. The van der Waals surface area contributed by atoms with Crippen LogP contribution in [0.1, 0.15) is 40.6 Å². The van der Waals surface area contributed by atoms with Crippen LogP contribution in [0.3, 0.4) is 0 Å². The van der Waals surface area contributed by atoms with Gasteiger partial charge in [0.15, 0.2) is 10.9 Å². The highest BCUT2D eigenvalue weighted by Crippen LogP contribution is 2.40. The van der Waals surface area contributed by atoms with Gasteiger partial charge in [0.25, 0.3) is 0 Å². The number of nitrogens with zero attached hydrogens (tertiary/aromatic N) is 2. The molecule has 3 aromatic rings. The molecular formula is C19H19N3OS2.